The lowest BCUT2D eigenvalue weighted by Crippen LogP contribution is -2.58. The van der Waals surface area contributed by atoms with Crippen LogP contribution in [0.15, 0.2) is 18.5 Å². The summed E-state index contributed by atoms with van der Waals surface area (Å²) in [6, 6.07) is 1.10. The van der Waals surface area contributed by atoms with Crippen LogP contribution in [-0.2, 0) is 9.59 Å². The molecule has 2 atom stereocenters. The van der Waals surface area contributed by atoms with Gasteiger partial charge < -0.3 is 9.80 Å². The van der Waals surface area contributed by atoms with Gasteiger partial charge >= 0.3 is 0 Å². The highest BCUT2D eigenvalue weighted by Crippen LogP contribution is 2.20. The molecule has 1 aliphatic heterocycles. The Hall–Kier alpha value is -1.85. The zero-order valence-corrected chi connectivity index (χ0v) is 13.0. The molecule has 21 heavy (non-hydrogen) atoms. The van der Waals surface area contributed by atoms with E-state index < -0.39 is 0 Å². The molecule has 1 aromatic heterocycles. The smallest absolute Gasteiger partial charge is 0.247 e. The van der Waals surface area contributed by atoms with Crippen molar-refractivity contribution in [3.05, 3.63) is 18.5 Å². The maximum atomic E-state index is 12.7. The van der Waals surface area contributed by atoms with Crippen LogP contribution in [0.25, 0.3) is 0 Å². The monoisotopic (exact) mass is 292 g/mol. The molecule has 0 bridgehead atoms. The molecule has 0 saturated carbocycles. The molecule has 0 radical (unpaired) electrons. The van der Waals surface area contributed by atoms with Crippen molar-refractivity contribution >= 4 is 11.8 Å². The van der Waals surface area contributed by atoms with E-state index >= 15 is 0 Å². The van der Waals surface area contributed by atoms with E-state index in [4.69, 9.17) is 0 Å². The summed E-state index contributed by atoms with van der Waals surface area (Å²) < 4.78 is 1.64. The van der Waals surface area contributed by atoms with E-state index in [2.05, 4.69) is 12.0 Å². The van der Waals surface area contributed by atoms with Crippen LogP contribution in [0.1, 0.15) is 39.2 Å². The molecule has 0 N–H and O–H groups in total. The highest BCUT2D eigenvalue weighted by atomic mass is 16.2. The highest BCUT2D eigenvalue weighted by Gasteiger charge is 2.37. The summed E-state index contributed by atoms with van der Waals surface area (Å²) in [7, 11) is 1.81. The fourth-order valence-electron chi connectivity index (χ4n) is 2.71. The van der Waals surface area contributed by atoms with Crippen LogP contribution in [0.2, 0.25) is 0 Å². The van der Waals surface area contributed by atoms with Gasteiger partial charge in [-0.05, 0) is 19.4 Å². The summed E-state index contributed by atoms with van der Waals surface area (Å²) in [4.78, 5) is 28.5. The second-order valence-electron chi connectivity index (χ2n) is 5.61. The first-order valence-corrected chi connectivity index (χ1v) is 7.60. The molecule has 0 aromatic carbocycles. The molecular weight excluding hydrogens is 268 g/mol. The Labute approximate surface area is 125 Å². The first-order chi connectivity index (χ1) is 10.1. The predicted molar refractivity (Wildman–Crippen MR) is 79.6 cm³/mol. The van der Waals surface area contributed by atoms with Gasteiger partial charge in [0.1, 0.15) is 12.1 Å². The van der Waals surface area contributed by atoms with Crippen LogP contribution >= 0.6 is 0 Å². The van der Waals surface area contributed by atoms with Gasteiger partial charge in [0.2, 0.25) is 11.8 Å². The number of carbonyl (C=O) groups is 2. The third kappa shape index (κ3) is 3.25. The van der Waals surface area contributed by atoms with Gasteiger partial charge in [0.05, 0.1) is 0 Å². The SMILES string of the molecule is CCCCC1C(=O)N(C)CCN1C(=O)C(C)n1cccn1. The summed E-state index contributed by atoms with van der Waals surface area (Å²) in [5.41, 5.74) is 0. The van der Waals surface area contributed by atoms with Crippen LogP contribution in [-0.4, -0.2) is 57.6 Å². The molecule has 1 saturated heterocycles. The number of rotatable bonds is 5. The van der Waals surface area contributed by atoms with Crippen molar-refractivity contribution in [2.45, 2.75) is 45.2 Å². The van der Waals surface area contributed by atoms with E-state index in [-0.39, 0.29) is 23.9 Å². The number of unbranched alkanes of at least 4 members (excludes halogenated alkanes) is 1. The largest absolute Gasteiger partial charge is 0.342 e. The molecule has 0 aliphatic carbocycles. The van der Waals surface area contributed by atoms with Gasteiger partial charge in [-0.2, -0.15) is 5.10 Å². The first-order valence-electron chi connectivity index (χ1n) is 7.60. The minimum atomic E-state index is -0.375. The summed E-state index contributed by atoms with van der Waals surface area (Å²) in [6.07, 6.45) is 6.14. The van der Waals surface area contributed by atoms with Gasteiger partial charge in [-0.1, -0.05) is 19.8 Å². The predicted octanol–water partition coefficient (Wildman–Crippen LogP) is 1.30. The molecule has 2 rings (SSSR count). The van der Waals surface area contributed by atoms with Crippen LogP contribution < -0.4 is 0 Å². The van der Waals surface area contributed by atoms with Crippen LogP contribution in [0.5, 0.6) is 0 Å². The third-order valence-corrected chi connectivity index (χ3v) is 4.11. The molecule has 6 heteroatoms. The zero-order valence-electron chi connectivity index (χ0n) is 13.0. The number of aromatic nitrogens is 2. The molecule has 116 valence electrons. The van der Waals surface area contributed by atoms with Crippen molar-refractivity contribution in [3.63, 3.8) is 0 Å². The second kappa shape index (κ2) is 6.74. The van der Waals surface area contributed by atoms with Crippen LogP contribution in [0.4, 0.5) is 0 Å². The van der Waals surface area contributed by atoms with Gasteiger partial charge in [-0.15, -0.1) is 0 Å². The van der Waals surface area contributed by atoms with Gasteiger partial charge in [0.25, 0.3) is 0 Å². The number of piperazine rings is 1. The molecule has 2 amide bonds. The number of likely N-dealkylation sites (N-methyl/N-ethyl adjacent to an activating group) is 1. The van der Waals surface area contributed by atoms with Crippen LogP contribution in [0, 0.1) is 0 Å². The zero-order chi connectivity index (χ0) is 15.4. The number of nitrogens with zero attached hydrogens (tertiary/aromatic N) is 4. The van der Waals surface area contributed by atoms with E-state index in [1.165, 1.54) is 0 Å². The Morgan fingerprint density at radius 2 is 2.24 bits per heavy atom. The average Bonchev–Trinajstić information content (AvgIpc) is 3.01. The van der Waals surface area contributed by atoms with E-state index in [1.54, 1.807) is 40.0 Å². The molecule has 0 spiro atoms. The third-order valence-electron chi connectivity index (χ3n) is 4.11. The van der Waals surface area contributed by atoms with Crippen LogP contribution in [0.3, 0.4) is 0 Å². The highest BCUT2D eigenvalue weighted by molar-refractivity contribution is 5.90. The Morgan fingerprint density at radius 3 is 2.86 bits per heavy atom. The van der Waals surface area contributed by atoms with Crippen molar-refractivity contribution in [1.82, 2.24) is 19.6 Å². The Balaban J connectivity index is 2.14. The Kier molecular flexibility index (Phi) is 4.98. The molecule has 6 nitrogen and oxygen atoms in total. The summed E-state index contributed by atoms with van der Waals surface area (Å²) in [5.74, 6) is 0.0250. The van der Waals surface area contributed by atoms with Gasteiger partial charge in [-0.3, -0.25) is 14.3 Å². The lowest BCUT2D eigenvalue weighted by molar-refractivity contribution is -0.152. The lowest BCUT2D eigenvalue weighted by Gasteiger charge is -2.40. The molecule has 2 heterocycles. The lowest BCUT2D eigenvalue weighted by atomic mass is 10.0. The number of carbonyl (C=O) groups excluding carboxylic acids is 2. The first kappa shape index (κ1) is 15.5. The van der Waals surface area contributed by atoms with Crippen molar-refractivity contribution in [3.8, 4) is 0 Å². The fourth-order valence-corrected chi connectivity index (χ4v) is 2.71. The molecule has 1 aromatic rings. The molecular formula is C15H24N4O2. The van der Waals surface area contributed by atoms with Gasteiger partial charge in [0.15, 0.2) is 0 Å². The number of amides is 2. The maximum Gasteiger partial charge on any atom is 0.247 e. The molecule has 2 unspecified atom stereocenters. The van der Waals surface area contributed by atoms with Gasteiger partial charge in [0, 0.05) is 32.5 Å². The average molecular weight is 292 g/mol. The molecule has 1 aliphatic rings. The van der Waals surface area contributed by atoms with Crippen molar-refractivity contribution < 1.29 is 9.59 Å². The Bertz CT molecular complexity index is 486. The number of hydrogen-bond acceptors (Lipinski definition) is 3. The minimum absolute atomic E-state index is 0.0266. The normalized spacial score (nSPS) is 20.7. The fraction of sp³-hybridized carbons (Fsp3) is 0.667. The number of hydrogen-bond donors (Lipinski definition) is 0. The van der Waals surface area contributed by atoms with Crippen molar-refractivity contribution in [1.29, 1.82) is 0 Å². The second-order valence-corrected chi connectivity index (χ2v) is 5.61. The summed E-state index contributed by atoms with van der Waals surface area (Å²) in [6.45, 7) is 5.12. The topological polar surface area (TPSA) is 58.4 Å². The van der Waals surface area contributed by atoms with E-state index in [9.17, 15) is 9.59 Å². The standard InChI is InChI=1S/C15H24N4O2/c1-4-5-7-13-15(21)17(3)10-11-18(13)14(20)12(2)19-9-6-8-16-19/h6,8-9,12-13H,4-5,7,10-11H2,1-3H3. The van der Waals surface area contributed by atoms with E-state index in [1.807, 2.05) is 6.92 Å². The van der Waals surface area contributed by atoms with E-state index in [0.29, 0.717) is 13.1 Å². The van der Waals surface area contributed by atoms with E-state index in [0.717, 1.165) is 19.3 Å². The quantitative estimate of drug-likeness (QED) is 0.822. The summed E-state index contributed by atoms with van der Waals surface area (Å²) >= 11 is 0. The maximum absolute atomic E-state index is 12.7. The summed E-state index contributed by atoms with van der Waals surface area (Å²) in [5, 5.41) is 4.13. The van der Waals surface area contributed by atoms with Crippen molar-refractivity contribution in [2.24, 2.45) is 0 Å². The Morgan fingerprint density at radius 1 is 1.48 bits per heavy atom. The van der Waals surface area contributed by atoms with Crippen molar-refractivity contribution in [2.75, 3.05) is 20.1 Å². The molecule has 1 fully saturated rings. The van der Waals surface area contributed by atoms with Gasteiger partial charge in [-0.25, -0.2) is 0 Å². The minimum Gasteiger partial charge on any atom is -0.342 e.